The van der Waals surface area contributed by atoms with E-state index in [4.69, 9.17) is 5.84 Å². The number of fused-ring (bicyclic) bond motifs is 1. The molecule has 1 aromatic rings. The number of nitrogens with zero attached hydrogens (tertiary/aromatic N) is 2. The van der Waals surface area contributed by atoms with Crippen molar-refractivity contribution in [3.63, 3.8) is 0 Å². The minimum Gasteiger partial charge on any atom is -0.308 e. The van der Waals surface area contributed by atoms with Crippen LogP contribution in [-0.4, -0.2) is 16.1 Å². The van der Waals surface area contributed by atoms with Gasteiger partial charge in [0, 0.05) is 11.3 Å². The lowest BCUT2D eigenvalue weighted by molar-refractivity contribution is -0.128. The van der Waals surface area contributed by atoms with Crippen molar-refractivity contribution in [1.29, 1.82) is 0 Å². The molecule has 3 N–H and O–H groups in total. The first-order chi connectivity index (χ1) is 7.99. The second kappa shape index (κ2) is 4.48. The van der Waals surface area contributed by atoms with Gasteiger partial charge in [-0.25, -0.2) is 15.8 Å². The first kappa shape index (κ1) is 12.1. The Morgan fingerprint density at radius 2 is 1.88 bits per heavy atom. The molecule has 0 saturated carbocycles. The van der Waals surface area contributed by atoms with Gasteiger partial charge in [0.25, 0.3) is 0 Å². The van der Waals surface area contributed by atoms with Gasteiger partial charge in [0.05, 0.1) is 0 Å². The maximum atomic E-state index is 12.3. The van der Waals surface area contributed by atoms with Crippen molar-refractivity contribution < 1.29 is 13.2 Å². The van der Waals surface area contributed by atoms with Crippen LogP contribution in [0.25, 0.3) is 0 Å². The van der Waals surface area contributed by atoms with Crippen LogP contribution in [0.1, 0.15) is 29.9 Å². The Hall–Kier alpha value is -1.37. The van der Waals surface area contributed by atoms with E-state index in [0.29, 0.717) is 17.9 Å². The summed E-state index contributed by atoms with van der Waals surface area (Å²) in [5, 5.41) is 0. The summed E-state index contributed by atoms with van der Waals surface area (Å²) in [6, 6.07) is 0. The van der Waals surface area contributed by atoms with Crippen molar-refractivity contribution in [1.82, 2.24) is 9.97 Å². The molecule has 0 fully saturated rings. The molecule has 0 unspecified atom stereocenters. The van der Waals surface area contributed by atoms with Crippen LogP contribution in [0.2, 0.25) is 0 Å². The lowest BCUT2D eigenvalue weighted by atomic mass is 9.96. The number of aryl methyl sites for hydroxylation is 1. The number of nitrogen functional groups attached to an aromatic ring is 1. The van der Waals surface area contributed by atoms with Gasteiger partial charge in [-0.05, 0) is 25.7 Å². The van der Waals surface area contributed by atoms with Gasteiger partial charge in [-0.15, -0.1) is 0 Å². The first-order valence-electron chi connectivity index (χ1n) is 5.41. The fourth-order valence-corrected chi connectivity index (χ4v) is 2.02. The zero-order valence-electron chi connectivity index (χ0n) is 9.14. The third kappa shape index (κ3) is 2.85. The summed E-state index contributed by atoms with van der Waals surface area (Å²) in [6.07, 6.45) is -2.02. The third-order valence-corrected chi connectivity index (χ3v) is 2.72. The molecule has 0 radical (unpaired) electrons. The molecule has 0 aliphatic heterocycles. The molecule has 94 valence electrons. The summed E-state index contributed by atoms with van der Waals surface area (Å²) in [6.45, 7) is 0. The Morgan fingerprint density at radius 3 is 2.53 bits per heavy atom. The van der Waals surface area contributed by atoms with Crippen LogP contribution < -0.4 is 11.3 Å². The van der Waals surface area contributed by atoms with E-state index in [9.17, 15) is 13.2 Å². The third-order valence-electron chi connectivity index (χ3n) is 2.72. The minimum absolute atomic E-state index is 0.217. The lowest BCUT2D eigenvalue weighted by Crippen LogP contribution is -2.21. The van der Waals surface area contributed by atoms with Crippen molar-refractivity contribution in [2.24, 2.45) is 5.84 Å². The number of hydrazine groups is 1. The van der Waals surface area contributed by atoms with Crippen molar-refractivity contribution in [3.05, 3.63) is 17.1 Å². The van der Waals surface area contributed by atoms with E-state index in [2.05, 4.69) is 15.4 Å². The van der Waals surface area contributed by atoms with Crippen molar-refractivity contribution in [2.75, 3.05) is 5.43 Å². The van der Waals surface area contributed by atoms with E-state index < -0.39 is 12.6 Å². The normalized spacial score (nSPS) is 15.5. The van der Waals surface area contributed by atoms with E-state index >= 15 is 0 Å². The predicted octanol–water partition coefficient (Wildman–Crippen LogP) is 1.75. The van der Waals surface area contributed by atoms with Gasteiger partial charge < -0.3 is 5.43 Å². The largest absolute Gasteiger partial charge is 0.396 e. The van der Waals surface area contributed by atoms with Crippen molar-refractivity contribution in [2.45, 2.75) is 38.3 Å². The summed E-state index contributed by atoms with van der Waals surface area (Å²) in [5.41, 5.74) is 3.91. The standard InChI is InChI=1S/C10H13F3N4/c11-10(12,13)5-8-15-7-4-2-1-3-6(7)9(16-8)17-14/h1-5,14H2,(H,15,16,17). The molecule has 1 aliphatic rings. The van der Waals surface area contributed by atoms with Crippen LogP contribution in [0.15, 0.2) is 0 Å². The number of nitrogens with one attached hydrogen (secondary N) is 1. The van der Waals surface area contributed by atoms with E-state index in [-0.39, 0.29) is 5.82 Å². The number of anilines is 1. The van der Waals surface area contributed by atoms with Crippen LogP contribution in [0.3, 0.4) is 0 Å². The Morgan fingerprint density at radius 1 is 1.18 bits per heavy atom. The maximum absolute atomic E-state index is 12.3. The number of aromatic nitrogens is 2. The van der Waals surface area contributed by atoms with Crippen LogP contribution >= 0.6 is 0 Å². The van der Waals surface area contributed by atoms with Crippen LogP contribution in [0.5, 0.6) is 0 Å². The van der Waals surface area contributed by atoms with Gasteiger partial charge in [-0.3, -0.25) is 0 Å². The summed E-state index contributed by atoms with van der Waals surface area (Å²) in [7, 11) is 0. The zero-order chi connectivity index (χ0) is 12.5. The van der Waals surface area contributed by atoms with Crippen molar-refractivity contribution >= 4 is 5.82 Å². The zero-order valence-corrected chi connectivity index (χ0v) is 9.14. The molecule has 17 heavy (non-hydrogen) atoms. The summed E-state index contributed by atoms with van der Waals surface area (Å²) >= 11 is 0. The number of hydrogen-bond acceptors (Lipinski definition) is 4. The summed E-state index contributed by atoms with van der Waals surface area (Å²) in [5.74, 6) is 5.40. The molecule has 0 aromatic carbocycles. The lowest BCUT2D eigenvalue weighted by Gasteiger charge is -2.18. The molecule has 1 aliphatic carbocycles. The van der Waals surface area contributed by atoms with Gasteiger partial charge >= 0.3 is 6.18 Å². The minimum atomic E-state index is -4.30. The fraction of sp³-hybridized carbons (Fsp3) is 0.600. The Balaban J connectivity index is 2.36. The van der Waals surface area contributed by atoms with E-state index in [1.807, 2.05) is 0 Å². The molecule has 1 heterocycles. The molecule has 2 rings (SSSR count). The highest BCUT2D eigenvalue weighted by atomic mass is 19.4. The molecule has 7 heteroatoms. The number of rotatable bonds is 2. The first-order valence-corrected chi connectivity index (χ1v) is 5.41. The van der Waals surface area contributed by atoms with Crippen molar-refractivity contribution in [3.8, 4) is 0 Å². The molecular weight excluding hydrogens is 233 g/mol. The molecule has 0 spiro atoms. The molecule has 0 atom stereocenters. The van der Waals surface area contributed by atoms with Crippen LogP contribution in [0, 0.1) is 0 Å². The number of nitrogens with two attached hydrogens (primary N) is 1. The van der Waals surface area contributed by atoms with Crippen LogP contribution in [0.4, 0.5) is 19.0 Å². The summed E-state index contributed by atoms with van der Waals surface area (Å²) in [4.78, 5) is 7.80. The van der Waals surface area contributed by atoms with Crippen LogP contribution in [-0.2, 0) is 19.3 Å². The molecule has 4 nitrogen and oxygen atoms in total. The average Bonchev–Trinajstić information content (AvgIpc) is 2.25. The van der Waals surface area contributed by atoms with Gasteiger partial charge in [-0.2, -0.15) is 13.2 Å². The Kier molecular flexibility index (Phi) is 3.19. The maximum Gasteiger partial charge on any atom is 0.396 e. The molecule has 0 saturated heterocycles. The number of alkyl halides is 3. The topological polar surface area (TPSA) is 63.8 Å². The monoisotopic (exact) mass is 246 g/mol. The van der Waals surface area contributed by atoms with E-state index in [1.54, 1.807) is 0 Å². The second-order valence-electron chi connectivity index (χ2n) is 4.06. The molecule has 0 amide bonds. The second-order valence-corrected chi connectivity index (χ2v) is 4.06. The highest BCUT2D eigenvalue weighted by molar-refractivity contribution is 5.46. The van der Waals surface area contributed by atoms with Gasteiger partial charge in [-0.1, -0.05) is 0 Å². The SMILES string of the molecule is NNc1nc(CC(F)(F)F)nc2c1CCCC2. The predicted molar refractivity (Wildman–Crippen MR) is 56.2 cm³/mol. The van der Waals surface area contributed by atoms with Gasteiger partial charge in [0.2, 0.25) is 0 Å². The average molecular weight is 246 g/mol. The van der Waals surface area contributed by atoms with Gasteiger partial charge in [0.1, 0.15) is 18.1 Å². The Bertz CT molecular complexity index is 399. The molecule has 0 bridgehead atoms. The van der Waals surface area contributed by atoms with E-state index in [1.165, 1.54) is 0 Å². The summed E-state index contributed by atoms with van der Waals surface area (Å²) < 4.78 is 36.8. The quantitative estimate of drug-likeness (QED) is 0.616. The Labute approximate surface area is 96.4 Å². The fourth-order valence-electron chi connectivity index (χ4n) is 2.02. The number of hydrogen-bond donors (Lipinski definition) is 2. The van der Waals surface area contributed by atoms with Gasteiger partial charge in [0.15, 0.2) is 0 Å². The van der Waals surface area contributed by atoms with E-state index in [0.717, 1.165) is 24.8 Å². The smallest absolute Gasteiger partial charge is 0.308 e. The molecule has 1 aromatic heterocycles. The highest BCUT2D eigenvalue weighted by Gasteiger charge is 2.30. The molecular formula is C10H13F3N4. The highest BCUT2D eigenvalue weighted by Crippen LogP contribution is 2.27. The number of halogens is 3.